The van der Waals surface area contributed by atoms with E-state index < -0.39 is 11.3 Å². The Morgan fingerprint density at radius 3 is 2.07 bits per heavy atom. The number of carbonyl (C=O) groups excluding carboxylic acids is 2. The Kier molecular flexibility index (Phi) is 6.70. The van der Waals surface area contributed by atoms with Gasteiger partial charge in [-0.15, -0.1) is 11.8 Å². The molecule has 6 heteroatoms. The fourth-order valence-electron chi connectivity index (χ4n) is 2.59. The van der Waals surface area contributed by atoms with Gasteiger partial charge in [0.2, 0.25) is 5.91 Å². The summed E-state index contributed by atoms with van der Waals surface area (Å²) >= 11 is 1.49. The number of methoxy groups -OCH3 is 1. The van der Waals surface area contributed by atoms with Gasteiger partial charge in [0, 0.05) is 16.3 Å². The first-order valence-electron chi connectivity index (χ1n) is 8.68. The average molecular weight is 392 g/mol. The maximum atomic E-state index is 13.1. The second-order valence-electron chi connectivity index (χ2n) is 5.91. The first-order valence-corrected chi connectivity index (χ1v) is 9.56. The molecule has 0 radical (unpaired) electrons. The molecule has 0 aliphatic heterocycles. The number of benzene rings is 3. The molecule has 142 valence electrons. The molecule has 28 heavy (non-hydrogen) atoms. The largest absolute Gasteiger partial charge is 0.453 e. The number of rotatable bonds is 6. The molecule has 0 aliphatic rings. The van der Waals surface area contributed by atoms with Gasteiger partial charge < -0.3 is 10.1 Å². The molecule has 3 aromatic carbocycles. The summed E-state index contributed by atoms with van der Waals surface area (Å²) in [5.74, 6) is -0.143. The van der Waals surface area contributed by atoms with Gasteiger partial charge in [0.1, 0.15) is 5.25 Å². The van der Waals surface area contributed by atoms with Crippen LogP contribution in [0.1, 0.15) is 10.8 Å². The molecule has 0 saturated heterocycles. The average Bonchev–Trinajstić information content (AvgIpc) is 2.73. The maximum absolute atomic E-state index is 13.1. The first-order chi connectivity index (χ1) is 13.7. The molecule has 2 N–H and O–H groups in total. The summed E-state index contributed by atoms with van der Waals surface area (Å²) in [6.45, 7) is 0. The molecule has 3 aromatic rings. The summed E-state index contributed by atoms with van der Waals surface area (Å²) in [7, 11) is 1.30. The standard InChI is InChI=1S/C22H20N2O3S/c1-27-22(26)24-18-12-8-11-17(15-18)23-21(25)20(16-9-4-2-5-10-16)28-19-13-6-3-7-14-19/h2-15,20H,1H3,(H,23,25)(H,24,26). The smallest absolute Gasteiger partial charge is 0.411 e. The third-order valence-corrected chi connectivity index (χ3v) is 5.17. The predicted molar refractivity (Wildman–Crippen MR) is 113 cm³/mol. The lowest BCUT2D eigenvalue weighted by molar-refractivity contribution is -0.115. The highest BCUT2D eigenvalue weighted by Crippen LogP contribution is 2.36. The van der Waals surface area contributed by atoms with Crippen LogP contribution in [0.5, 0.6) is 0 Å². The summed E-state index contributed by atoms with van der Waals surface area (Å²) in [5, 5.41) is 5.11. The molecule has 5 nitrogen and oxygen atoms in total. The van der Waals surface area contributed by atoms with Crippen LogP contribution in [0.4, 0.5) is 16.2 Å². The number of carbonyl (C=O) groups is 2. The highest BCUT2D eigenvalue weighted by atomic mass is 32.2. The minimum Gasteiger partial charge on any atom is -0.453 e. The van der Waals surface area contributed by atoms with Gasteiger partial charge in [-0.05, 0) is 35.9 Å². The zero-order valence-electron chi connectivity index (χ0n) is 15.3. The number of ether oxygens (including phenoxy) is 1. The number of hydrogen-bond acceptors (Lipinski definition) is 4. The highest BCUT2D eigenvalue weighted by Gasteiger charge is 2.22. The molecule has 0 saturated carbocycles. The monoisotopic (exact) mass is 392 g/mol. The van der Waals surface area contributed by atoms with E-state index >= 15 is 0 Å². The summed E-state index contributed by atoms with van der Waals surface area (Å²) in [5.41, 5.74) is 2.04. The Labute approximate surface area is 168 Å². The molecule has 1 unspecified atom stereocenters. The maximum Gasteiger partial charge on any atom is 0.411 e. The Bertz CT molecular complexity index is 933. The molecule has 0 spiro atoms. The van der Waals surface area contributed by atoms with Gasteiger partial charge in [-0.3, -0.25) is 10.1 Å². The van der Waals surface area contributed by atoms with Crippen LogP contribution in [0.15, 0.2) is 89.8 Å². The fraction of sp³-hybridized carbons (Fsp3) is 0.0909. The highest BCUT2D eigenvalue weighted by molar-refractivity contribution is 8.00. The van der Waals surface area contributed by atoms with Gasteiger partial charge >= 0.3 is 6.09 Å². The molecule has 0 aromatic heterocycles. The van der Waals surface area contributed by atoms with E-state index in [1.165, 1.54) is 18.9 Å². The number of amides is 2. The Morgan fingerprint density at radius 1 is 0.821 bits per heavy atom. The van der Waals surface area contributed by atoms with Crippen LogP contribution in [0, 0.1) is 0 Å². The van der Waals surface area contributed by atoms with Crippen molar-refractivity contribution in [3.63, 3.8) is 0 Å². The molecule has 1 atom stereocenters. The molecule has 0 aliphatic carbocycles. The molecule has 2 amide bonds. The summed E-state index contributed by atoms with van der Waals surface area (Å²) in [4.78, 5) is 25.5. The van der Waals surface area contributed by atoms with E-state index in [0.29, 0.717) is 11.4 Å². The summed E-state index contributed by atoms with van der Waals surface area (Å²) in [6.07, 6.45) is -0.565. The lowest BCUT2D eigenvalue weighted by Gasteiger charge is -2.17. The Hall–Kier alpha value is -3.25. The van der Waals surface area contributed by atoms with E-state index in [-0.39, 0.29) is 5.91 Å². The Balaban J connectivity index is 1.80. The van der Waals surface area contributed by atoms with Gasteiger partial charge in [-0.2, -0.15) is 0 Å². The SMILES string of the molecule is COC(=O)Nc1cccc(NC(=O)C(Sc2ccccc2)c2ccccc2)c1. The van der Waals surface area contributed by atoms with Crippen LogP contribution in [-0.4, -0.2) is 19.1 Å². The zero-order valence-corrected chi connectivity index (χ0v) is 16.1. The fourth-order valence-corrected chi connectivity index (χ4v) is 3.63. The molecular weight excluding hydrogens is 372 g/mol. The van der Waals surface area contributed by atoms with Gasteiger partial charge in [-0.25, -0.2) is 4.79 Å². The molecule has 3 rings (SSSR count). The minimum atomic E-state index is -0.565. The van der Waals surface area contributed by atoms with E-state index in [9.17, 15) is 9.59 Å². The molecule has 0 heterocycles. The molecule has 0 fully saturated rings. The van der Waals surface area contributed by atoms with Crippen LogP contribution in [0.25, 0.3) is 0 Å². The number of nitrogens with one attached hydrogen (secondary N) is 2. The van der Waals surface area contributed by atoms with Crippen LogP contribution >= 0.6 is 11.8 Å². The molecule has 0 bridgehead atoms. The third kappa shape index (κ3) is 5.37. The van der Waals surface area contributed by atoms with Crippen LogP contribution in [0.3, 0.4) is 0 Å². The quantitative estimate of drug-likeness (QED) is 0.556. The zero-order chi connectivity index (χ0) is 19.8. The summed E-state index contributed by atoms with van der Waals surface area (Å²) in [6, 6.07) is 26.4. The lowest BCUT2D eigenvalue weighted by Crippen LogP contribution is -2.19. The van der Waals surface area contributed by atoms with Crippen LogP contribution in [-0.2, 0) is 9.53 Å². The van der Waals surface area contributed by atoms with Crippen molar-refractivity contribution >= 4 is 35.1 Å². The number of thioether (sulfide) groups is 1. The van der Waals surface area contributed by atoms with Crippen molar-refractivity contribution in [2.75, 3.05) is 17.7 Å². The lowest BCUT2D eigenvalue weighted by atomic mass is 10.1. The number of hydrogen-bond donors (Lipinski definition) is 2. The van der Waals surface area contributed by atoms with Crippen molar-refractivity contribution < 1.29 is 14.3 Å². The normalized spacial score (nSPS) is 11.3. The second-order valence-corrected chi connectivity index (χ2v) is 7.09. The molecular formula is C22H20N2O3S. The third-order valence-electron chi connectivity index (χ3n) is 3.90. The van der Waals surface area contributed by atoms with Crippen molar-refractivity contribution in [3.8, 4) is 0 Å². The van der Waals surface area contributed by atoms with Crippen molar-refractivity contribution in [3.05, 3.63) is 90.5 Å². The predicted octanol–water partition coefficient (Wildman–Crippen LogP) is 5.34. The van der Waals surface area contributed by atoms with Gasteiger partial charge in [0.15, 0.2) is 0 Å². The van der Waals surface area contributed by atoms with Gasteiger partial charge in [-0.1, -0.05) is 54.6 Å². The topological polar surface area (TPSA) is 67.4 Å². The van der Waals surface area contributed by atoms with Crippen molar-refractivity contribution in [1.82, 2.24) is 0 Å². The minimum absolute atomic E-state index is 0.143. The van der Waals surface area contributed by atoms with Crippen molar-refractivity contribution in [1.29, 1.82) is 0 Å². The van der Waals surface area contributed by atoms with Gasteiger partial charge in [0.25, 0.3) is 0 Å². The number of anilines is 2. The van der Waals surface area contributed by atoms with Gasteiger partial charge in [0.05, 0.1) is 7.11 Å². The van der Waals surface area contributed by atoms with Crippen LogP contribution < -0.4 is 10.6 Å². The van der Waals surface area contributed by atoms with Crippen LogP contribution in [0.2, 0.25) is 0 Å². The van der Waals surface area contributed by atoms with Crippen molar-refractivity contribution in [2.24, 2.45) is 0 Å². The van der Waals surface area contributed by atoms with E-state index in [4.69, 9.17) is 0 Å². The Morgan fingerprint density at radius 2 is 1.43 bits per heavy atom. The van der Waals surface area contributed by atoms with E-state index in [2.05, 4.69) is 15.4 Å². The van der Waals surface area contributed by atoms with E-state index in [1.807, 2.05) is 60.7 Å². The first kappa shape index (κ1) is 19.5. The summed E-state index contributed by atoms with van der Waals surface area (Å²) < 4.78 is 4.60. The van der Waals surface area contributed by atoms with E-state index in [0.717, 1.165) is 10.5 Å². The van der Waals surface area contributed by atoms with Crippen molar-refractivity contribution in [2.45, 2.75) is 10.1 Å². The van der Waals surface area contributed by atoms with E-state index in [1.54, 1.807) is 24.3 Å². The second kappa shape index (κ2) is 9.62.